The van der Waals surface area contributed by atoms with Crippen LogP contribution in [-0.2, 0) is 4.79 Å². The van der Waals surface area contributed by atoms with Crippen molar-refractivity contribution in [3.05, 3.63) is 0 Å². The fraction of sp³-hybridized carbons (Fsp3) is 0.900. The lowest BCUT2D eigenvalue weighted by atomic mass is 10.1. The predicted octanol–water partition coefficient (Wildman–Crippen LogP) is -0.256. The zero-order valence-corrected chi connectivity index (χ0v) is 9.36. The molecule has 1 heterocycles. The van der Waals surface area contributed by atoms with Crippen LogP contribution in [0.4, 0.5) is 0 Å². The third-order valence-corrected chi connectivity index (χ3v) is 3.00. The molecule has 0 aromatic heterocycles. The van der Waals surface area contributed by atoms with Gasteiger partial charge in [0.25, 0.3) is 0 Å². The van der Waals surface area contributed by atoms with E-state index in [0.29, 0.717) is 5.92 Å². The third kappa shape index (κ3) is 2.45. The second kappa shape index (κ2) is 4.75. The molecule has 0 aliphatic carbocycles. The van der Waals surface area contributed by atoms with Crippen molar-refractivity contribution >= 4 is 5.91 Å². The van der Waals surface area contributed by atoms with Crippen LogP contribution in [0.25, 0.3) is 0 Å². The molecule has 1 aliphatic heterocycles. The second-order valence-electron chi connectivity index (χ2n) is 4.29. The summed E-state index contributed by atoms with van der Waals surface area (Å²) < 4.78 is 0. The smallest absolute Gasteiger partial charge is 0.239 e. The van der Waals surface area contributed by atoms with Gasteiger partial charge in [-0.2, -0.15) is 0 Å². The maximum Gasteiger partial charge on any atom is 0.239 e. The quantitative estimate of drug-likeness (QED) is 0.681. The largest absolute Gasteiger partial charge is 0.347 e. The molecular weight excluding hydrogens is 178 g/mol. The molecule has 4 heteroatoms. The predicted molar refractivity (Wildman–Crippen MR) is 56.9 cm³/mol. The number of likely N-dealkylation sites (N-methyl/N-ethyl adjacent to an activating group) is 1. The molecule has 1 saturated heterocycles. The fourth-order valence-corrected chi connectivity index (χ4v) is 1.94. The number of nitrogens with zero attached hydrogens (tertiary/aromatic N) is 2. The number of carbonyl (C=O) groups excluding carboxylic acids is 1. The van der Waals surface area contributed by atoms with Crippen molar-refractivity contribution < 1.29 is 4.79 Å². The standard InChI is InChI=1S/C10H21N3O/c1-8(10(14)12(2)3)13-5-4-9(6-11)7-13/h8-9H,4-7,11H2,1-3H3. The number of hydrogen-bond acceptors (Lipinski definition) is 3. The molecule has 4 nitrogen and oxygen atoms in total. The number of nitrogens with two attached hydrogens (primary N) is 1. The normalized spacial score (nSPS) is 25.0. The van der Waals surface area contributed by atoms with E-state index in [1.54, 1.807) is 19.0 Å². The molecule has 1 fully saturated rings. The summed E-state index contributed by atoms with van der Waals surface area (Å²) in [4.78, 5) is 15.6. The summed E-state index contributed by atoms with van der Waals surface area (Å²) in [5, 5.41) is 0. The zero-order chi connectivity index (χ0) is 10.7. The van der Waals surface area contributed by atoms with Crippen LogP contribution < -0.4 is 5.73 Å². The first-order chi connectivity index (χ1) is 6.56. The van der Waals surface area contributed by atoms with Crippen LogP contribution in [0.1, 0.15) is 13.3 Å². The minimum Gasteiger partial charge on any atom is -0.347 e. The minimum atomic E-state index is 0.00144. The van der Waals surface area contributed by atoms with Gasteiger partial charge in [-0.25, -0.2) is 0 Å². The molecule has 0 aromatic carbocycles. The summed E-state index contributed by atoms with van der Waals surface area (Å²) in [5.74, 6) is 0.759. The van der Waals surface area contributed by atoms with Gasteiger partial charge in [0.2, 0.25) is 5.91 Å². The van der Waals surface area contributed by atoms with Gasteiger partial charge in [0.15, 0.2) is 0 Å². The van der Waals surface area contributed by atoms with E-state index >= 15 is 0 Å². The van der Waals surface area contributed by atoms with Crippen LogP contribution in [0, 0.1) is 5.92 Å². The van der Waals surface area contributed by atoms with E-state index in [9.17, 15) is 4.79 Å². The van der Waals surface area contributed by atoms with E-state index in [1.807, 2.05) is 6.92 Å². The summed E-state index contributed by atoms with van der Waals surface area (Å²) in [7, 11) is 3.60. The average molecular weight is 199 g/mol. The summed E-state index contributed by atoms with van der Waals surface area (Å²) in [6.07, 6.45) is 1.13. The van der Waals surface area contributed by atoms with Crippen molar-refractivity contribution in [2.24, 2.45) is 11.7 Å². The van der Waals surface area contributed by atoms with E-state index in [2.05, 4.69) is 4.90 Å². The summed E-state index contributed by atoms with van der Waals surface area (Å²) >= 11 is 0. The van der Waals surface area contributed by atoms with Gasteiger partial charge < -0.3 is 10.6 Å². The van der Waals surface area contributed by atoms with Crippen molar-refractivity contribution in [1.29, 1.82) is 0 Å². The highest BCUT2D eigenvalue weighted by atomic mass is 16.2. The maximum absolute atomic E-state index is 11.7. The number of amides is 1. The minimum absolute atomic E-state index is 0.00144. The Morgan fingerprint density at radius 3 is 2.71 bits per heavy atom. The van der Waals surface area contributed by atoms with Gasteiger partial charge in [0.1, 0.15) is 0 Å². The number of likely N-dealkylation sites (tertiary alicyclic amines) is 1. The van der Waals surface area contributed by atoms with Crippen molar-refractivity contribution in [2.45, 2.75) is 19.4 Å². The molecule has 14 heavy (non-hydrogen) atoms. The van der Waals surface area contributed by atoms with E-state index in [1.165, 1.54) is 0 Å². The average Bonchev–Trinajstić information content (AvgIpc) is 2.63. The molecule has 0 saturated carbocycles. The van der Waals surface area contributed by atoms with Crippen LogP contribution in [0.3, 0.4) is 0 Å². The Labute approximate surface area is 86.0 Å². The molecule has 0 aromatic rings. The molecule has 0 bridgehead atoms. The van der Waals surface area contributed by atoms with E-state index in [0.717, 1.165) is 26.1 Å². The Hall–Kier alpha value is -0.610. The monoisotopic (exact) mass is 199 g/mol. The van der Waals surface area contributed by atoms with Gasteiger partial charge in [-0.05, 0) is 32.4 Å². The molecule has 2 unspecified atom stereocenters. The first-order valence-electron chi connectivity index (χ1n) is 5.21. The zero-order valence-electron chi connectivity index (χ0n) is 9.36. The highest BCUT2D eigenvalue weighted by Gasteiger charge is 2.29. The molecule has 0 radical (unpaired) electrons. The van der Waals surface area contributed by atoms with Crippen LogP contribution >= 0.6 is 0 Å². The maximum atomic E-state index is 11.7. The molecule has 1 aliphatic rings. The topological polar surface area (TPSA) is 49.6 Å². The summed E-state index contributed by atoms with van der Waals surface area (Å²) in [6.45, 7) is 4.68. The third-order valence-electron chi connectivity index (χ3n) is 3.00. The number of carbonyl (C=O) groups is 1. The second-order valence-corrected chi connectivity index (χ2v) is 4.29. The number of hydrogen-bond donors (Lipinski definition) is 1. The molecule has 82 valence electrons. The molecule has 1 rings (SSSR count). The fourth-order valence-electron chi connectivity index (χ4n) is 1.94. The molecule has 2 atom stereocenters. The van der Waals surface area contributed by atoms with E-state index in [-0.39, 0.29) is 11.9 Å². The lowest BCUT2D eigenvalue weighted by Crippen LogP contribution is -2.43. The van der Waals surface area contributed by atoms with Crippen molar-refractivity contribution in [3.63, 3.8) is 0 Å². The summed E-state index contributed by atoms with van der Waals surface area (Å²) in [5.41, 5.74) is 5.61. The Balaban J connectivity index is 2.46. The van der Waals surface area contributed by atoms with E-state index in [4.69, 9.17) is 5.73 Å². The molecule has 2 N–H and O–H groups in total. The van der Waals surface area contributed by atoms with Gasteiger partial charge in [-0.3, -0.25) is 9.69 Å². The van der Waals surface area contributed by atoms with Crippen LogP contribution in [0.2, 0.25) is 0 Å². The number of rotatable bonds is 3. The van der Waals surface area contributed by atoms with Crippen LogP contribution in [0.5, 0.6) is 0 Å². The Bertz CT molecular complexity index is 206. The Morgan fingerprint density at radius 1 is 1.64 bits per heavy atom. The highest BCUT2D eigenvalue weighted by molar-refractivity contribution is 5.80. The highest BCUT2D eigenvalue weighted by Crippen LogP contribution is 2.17. The molecule has 1 amide bonds. The summed E-state index contributed by atoms with van der Waals surface area (Å²) in [6, 6.07) is 0.00144. The Morgan fingerprint density at radius 2 is 2.29 bits per heavy atom. The van der Waals surface area contributed by atoms with Gasteiger partial charge in [0, 0.05) is 20.6 Å². The van der Waals surface area contributed by atoms with Crippen LogP contribution in [0.15, 0.2) is 0 Å². The van der Waals surface area contributed by atoms with E-state index < -0.39 is 0 Å². The molecular formula is C10H21N3O. The van der Waals surface area contributed by atoms with Crippen molar-refractivity contribution in [1.82, 2.24) is 9.80 Å². The van der Waals surface area contributed by atoms with Crippen LogP contribution in [-0.4, -0.2) is 55.5 Å². The van der Waals surface area contributed by atoms with Gasteiger partial charge in [-0.1, -0.05) is 0 Å². The SMILES string of the molecule is CC(C(=O)N(C)C)N1CCC(CN)C1. The van der Waals surface area contributed by atoms with Gasteiger partial charge >= 0.3 is 0 Å². The first-order valence-corrected chi connectivity index (χ1v) is 5.21. The lowest BCUT2D eigenvalue weighted by Gasteiger charge is -2.25. The van der Waals surface area contributed by atoms with Crippen molar-refractivity contribution in [2.75, 3.05) is 33.7 Å². The lowest BCUT2D eigenvalue weighted by molar-refractivity contribution is -0.133. The van der Waals surface area contributed by atoms with Gasteiger partial charge in [-0.15, -0.1) is 0 Å². The molecule has 0 spiro atoms. The van der Waals surface area contributed by atoms with Gasteiger partial charge in [0.05, 0.1) is 6.04 Å². The Kier molecular flexibility index (Phi) is 3.89. The van der Waals surface area contributed by atoms with Crippen molar-refractivity contribution in [3.8, 4) is 0 Å². The first kappa shape index (κ1) is 11.5.